The quantitative estimate of drug-likeness (QED) is 0.521. The highest BCUT2D eigenvalue weighted by molar-refractivity contribution is 14.1. The predicted molar refractivity (Wildman–Crippen MR) is 40.0 cm³/mol. The number of rotatable bonds is 1. The summed E-state index contributed by atoms with van der Waals surface area (Å²) in [6, 6.07) is 0. The van der Waals surface area contributed by atoms with Gasteiger partial charge in [-0.25, -0.2) is 0 Å². The van der Waals surface area contributed by atoms with Gasteiger partial charge in [0.2, 0.25) is 0 Å². The molecule has 0 radical (unpaired) electrons. The summed E-state index contributed by atoms with van der Waals surface area (Å²) in [5, 5.41) is 3.13. The Balaban J connectivity index is 2.35. The topological polar surface area (TPSA) is 29.1 Å². The largest absolute Gasteiger partial charge is 0.316 e. The van der Waals surface area contributed by atoms with E-state index in [0.29, 0.717) is 9.71 Å². The van der Waals surface area contributed by atoms with E-state index in [1.54, 1.807) is 0 Å². The van der Waals surface area contributed by atoms with Gasteiger partial charge in [-0.05, 0) is 35.6 Å². The number of carbonyl (C=O) groups excluding carboxylic acids is 1. The van der Waals surface area contributed by atoms with Crippen molar-refractivity contribution < 1.29 is 4.79 Å². The van der Waals surface area contributed by atoms with Crippen molar-refractivity contribution in [2.75, 3.05) is 13.1 Å². The smallest absolute Gasteiger partial charge is 0.196 e. The molecule has 0 saturated carbocycles. The summed E-state index contributed by atoms with van der Waals surface area (Å²) in [5.74, 6) is 0.301. The molecule has 0 aliphatic carbocycles. The molecular weight excluding hydrogens is 217 g/mol. The summed E-state index contributed by atoms with van der Waals surface area (Å²) < 4.78 is 0.299. The minimum atomic E-state index is 0.299. The normalized spacial score (nSPS) is 28.4. The second kappa shape index (κ2) is 2.77. The summed E-state index contributed by atoms with van der Waals surface area (Å²) in [4.78, 5) is 10.6. The molecule has 2 nitrogen and oxygen atoms in total. The maximum atomic E-state index is 10.6. The monoisotopic (exact) mass is 225 g/mol. The highest BCUT2D eigenvalue weighted by atomic mass is 127. The summed E-state index contributed by atoms with van der Waals surface area (Å²) in [5.41, 5.74) is 0. The molecule has 0 aromatic rings. The van der Waals surface area contributed by atoms with Gasteiger partial charge in [-0.2, -0.15) is 0 Å². The van der Waals surface area contributed by atoms with Crippen LogP contribution < -0.4 is 5.32 Å². The van der Waals surface area contributed by atoms with Crippen LogP contribution in [0, 0.1) is 5.92 Å². The summed E-state index contributed by atoms with van der Waals surface area (Å²) in [7, 11) is 0. The van der Waals surface area contributed by atoms with Crippen LogP contribution in [-0.2, 0) is 4.79 Å². The number of carbonyl (C=O) groups is 1. The van der Waals surface area contributed by atoms with Crippen molar-refractivity contribution in [2.24, 2.45) is 5.92 Å². The Morgan fingerprint density at radius 1 is 1.75 bits per heavy atom. The van der Waals surface area contributed by atoms with Crippen molar-refractivity contribution in [3.8, 4) is 0 Å². The molecule has 0 spiro atoms. The third-order valence-electron chi connectivity index (χ3n) is 1.38. The first-order valence-corrected chi connectivity index (χ1v) is 3.78. The van der Waals surface area contributed by atoms with E-state index in [9.17, 15) is 4.79 Å². The van der Waals surface area contributed by atoms with Crippen LogP contribution in [0.4, 0.5) is 0 Å². The SMILES string of the molecule is O=C(I)C1CCNC1. The van der Waals surface area contributed by atoms with Crippen molar-refractivity contribution in [3.05, 3.63) is 0 Å². The van der Waals surface area contributed by atoms with E-state index in [1.807, 2.05) is 22.6 Å². The highest BCUT2D eigenvalue weighted by Gasteiger charge is 2.19. The summed E-state index contributed by atoms with van der Waals surface area (Å²) in [6.45, 7) is 1.90. The Kier molecular flexibility index (Phi) is 2.25. The number of halogens is 1. The van der Waals surface area contributed by atoms with Crippen LogP contribution in [0.25, 0.3) is 0 Å². The molecule has 3 heteroatoms. The minimum absolute atomic E-state index is 0.299. The van der Waals surface area contributed by atoms with Crippen LogP contribution in [0.3, 0.4) is 0 Å². The maximum absolute atomic E-state index is 10.6. The molecule has 46 valence electrons. The van der Waals surface area contributed by atoms with Gasteiger partial charge in [0.05, 0.1) is 0 Å². The molecule has 1 atom stereocenters. The molecule has 1 rings (SSSR count). The summed E-state index contributed by atoms with van der Waals surface area (Å²) >= 11 is 1.87. The Bertz CT molecular complexity index is 98.6. The second-order valence-electron chi connectivity index (χ2n) is 1.99. The number of hydrogen-bond acceptors (Lipinski definition) is 2. The van der Waals surface area contributed by atoms with E-state index < -0.39 is 0 Å². The Morgan fingerprint density at radius 2 is 2.50 bits per heavy atom. The Labute approximate surface area is 62.2 Å². The molecule has 1 unspecified atom stereocenters. The average molecular weight is 225 g/mol. The lowest BCUT2D eigenvalue weighted by Crippen LogP contribution is -2.12. The molecule has 0 bridgehead atoms. The van der Waals surface area contributed by atoms with E-state index in [0.717, 1.165) is 19.5 Å². The van der Waals surface area contributed by atoms with E-state index in [2.05, 4.69) is 5.32 Å². The van der Waals surface area contributed by atoms with E-state index in [4.69, 9.17) is 0 Å². The van der Waals surface area contributed by atoms with Gasteiger partial charge in [0.15, 0.2) is 3.79 Å². The van der Waals surface area contributed by atoms with Gasteiger partial charge < -0.3 is 5.32 Å². The average Bonchev–Trinajstić information content (AvgIpc) is 2.12. The molecule has 0 aromatic carbocycles. The number of hydrogen-bond donors (Lipinski definition) is 1. The molecule has 1 N–H and O–H groups in total. The van der Waals surface area contributed by atoms with Gasteiger partial charge in [0.25, 0.3) is 0 Å². The minimum Gasteiger partial charge on any atom is -0.316 e. The van der Waals surface area contributed by atoms with Crippen LogP contribution in [0.15, 0.2) is 0 Å². The first-order valence-electron chi connectivity index (χ1n) is 2.71. The third-order valence-corrected chi connectivity index (χ3v) is 2.26. The van der Waals surface area contributed by atoms with E-state index in [1.165, 1.54) is 0 Å². The third kappa shape index (κ3) is 1.42. The first kappa shape index (κ1) is 6.48. The molecule has 0 amide bonds. The molecule has 1 aliphatic heterocycles. The second-order valence-corrected chi connectivity index (χ2v) is 3.06. The molecule has 1 aliphatic rings. The molecule has 8 heavy (non-hydrogen) atoms. The fourth-order valence-corrected chi connectivity index (χ4v) is 1.38. The van der Waals surface area contributed by atoms with Gasteiger partial charge in [-0.15, -0.1) is 0 Å². The van der Waals surface area contributed by atoms with Crippen molar-refractivity contribution >= 4 is 26.4 Å². The number of nitrogens with one attached hydrogen (secondary N) is 1. The molecule has 0 aromatic heterocycles. The highest BCUT2D eigenvalue weighted by Crippen LogP contribution is 2.11. The zero-order chi connectivity index (χ0) is 5.98. The van der Waals surface area contributed by atoms with Gasteiger partial charge in [0.1, 0.15) is 0 Å². The first-order chi connectivity index (χ1) is 3.80. The van der Waals surface area contributed by atoms with Crippen LogP contribution in [0.1, 0.15) is 6.42 Å². The molecule has 1 heterocycles. The molecule has 1 fully saturated rings. The van der Waals surface area contributed by atoms with Crippen LogP contribution in [0.5, 0.6) is 0 Å². The van der Waals surface area contributed by atoms with Crippen molar-refractivity contribution in [3.63, 3.8) is 0 Å². The fraction of sp³-hybridized carbons (Fsp3) is 0.800. The molecule has 1 saturated heterocycles. The standard InChI is InChI=1S/C5H8INO/c6-5(8)4-1-2-7-3-4/h4,7H,1-3H2. The van der Waals surface area contributed by atoms with Gasteiger partial charge in [-0.3, -0.25) is 4.79 Å². The van der Waals surface area contributed by atoms with Crippen LogP contribution >= 0.6 is 22.6 Å². The predicted octanol–water partition coefficient (Wildman–Crippen LogP) is 0.557. The van der Waals surface area contributed by atoms with Crippen molar-refractivity contribution in [1.82, 2.24) is 5.32 Å². The lowest BCUT2D eigenvalue weighted by atomic mass is 10.1. The molecular formula is C5H8INO. The van der Waals surface area contributed by atoms with Crippen molar-refractivity contribution in [2.45, 2.75) is 6.42 Å². The van der Waals surface area contributed by atoms with Crippen molar-refractivity contribution in [1.29, 1.82) is 0 Å². The van der Waals surface area contributed by atoms with Gasteiger partial charge in [-0.1, -0.05) is 0 Å². The van der Waals surface area contributed by atoms with E-state index >= 15 is 0 Å². The van der Waals surface area contributed by atoms with Crippen LogP contribution in [0.2, 0.25) is 0 Å². The lowest BCUT2D eigenvalue weighted by Gasteiger charge is -1.96. The fourth-order valence-electron chi connectivity index (χ4n) is 0.848. The maximum Gasteiger partial charge on any atom is 0.196 e. The van der Waals surface area contributed by atoms with Crippen LogP contribution in [-0.4, -0.2) is 16.9 Å². The zero-order valence-electron chi connectivity index (χ0n) is 4.48. The van der Waals surface area contributed by atoms with E-state index in [-0.39, 0.29) is 0 Å². The van der Waals surface area contributed by atoms with Gasteiger partial charge in [0, 0.05) is 12.5 Å². The van der Waals surface area contributed by atoms with Gasteiger partial charge >= 0.3 is 0 Å². The Morgan fingerprint density at radius 3 is 2.75 bits per heavy atom. The Hall–Kier alpha value is 0.360. The zero-order valence-corrected chi connectivity index (χ0v) is 6.64. The lowest BCUT2D eigenvalue weighted by molar-refractivity contribution is -0.112. The summed E-state index contributed by atoms with van der Waals surface area (Å²) in [6.07, 6.45) is 1.03.